The molecule has 0 aliphatic carbocycles. The van der Waals surface area contributed by atoms with Crippen molar-refractivity contribution < 1.29 is 19.4 Å². The molecule has 7 nitrogen and oxygen atoms in total. The lowest BCUT2D eigenvalue weighted by Crippen LogP contribution is -2.23. The average molecular weight is 372 g/mol. The highest BCUT2D eigenvalue weighted by molar-refractivity contribution is 5.87. The molecule has 1 aliphatic heterocycles. The number of pyridine rings is 1. The number of nitrogens with zero attached hydrogens (tertiary/aromatic N) is 2. The molecular weight excluding hydrogens is 348 g/mol. The normalized spacial score (nSPS) is 16.7. The zero-order valence-electron chi connectivity index (χ0n) is 15.6. The third kappa shape index (κ3) is 4.37. The van der Waals surface area contributed by atoms with Gasteiger partial charge in [-0.3, -0.25) is 4.79 Å². The van der Waals surface area contributed by atoms with E-state index >= 15 is 0 Å². The molecule has 2 heterocycles. The van der Waals surface area contributed by atoms with Crippen LogP contribution in [0.3, 0.4) is 0 Å². The van der Waals surface area contributed by atoms with E-state index in [9.17, 15) is 9.59 Å². The molecule has 1 N–H and O–H groups in total. The standard InChI is InChI=1S/C20H24N2O5/c1-21-13-17(20(24)25)19(23)11-18(21)14-3-5-15(6-4-14)22-8-7-16(12-22)27-10-9-26-2/h3-6,11,13,16H,7-10,12H2,1-2H3,(H,24,25). The monoisotopic (exact) mass is 372 g/mol. The van der Waals surface area contributed by atoms with Gasteiger partial charge < -0.3 is 24.0 Å². The van der Waals surface area contributed by atoms with Crippen molar-refractivity contribution in [2.24, 2.45) is 7.05 Å². The summed E-state index contributed by atoms with van der Waals surface area (Å²) in [5, 5.41) is 9.06. The molecule has 3 rings (SSSR count). The number of anilines is 1. The predicted molar refractivity (Wildman–Crippen MR) is 103 cm³/mol. The van der Waals surface area contributed by atoms with Crippen molar-refractivity contribution in [2.75, 3.05) is 38.3 Å². The summed E-state index contributed by atoms with van der Waals surface area (Å²) in [5.41, 5.74) is 1.93. The molecule has 0 spiro atoms. The second-order valence-corrected chi connectivity index (χ2v) is 6.62. The Labute approximate surface area is 157 Å². The second kappa shape index (κ2) is 8.37. The van der Waals surface area contributed by atoms with Crippen LogP contribution in [-0.2, 0) is 16.5 Å². The quantitative estimate of drug-likeness (QED) is 0.749. The van der Waals surface area contributed by atoms with E-state index in [0.29, 0.717) is 18.9 Å². The molecule has 1 unspecified atom stereocenters. The number of ether oxygens (including phenoxy) is 2. The molecule has 2 aromatic rings. The number of benzene rings is 1. The van der Waals surface area contributed by atoms with E-state index in [1.54, 1.807) is 18.7 Å². The SMILES string of the molecule is COCCOC1CCN(c2ccc(-c3cc(=O)c(C(=O)O)cn3C)cc2)C1. The van der Waals surface area contributed by atoms with E-state index in [1.807, 2.05) is 24.3 Å². The van der Waals surface area contributed by atoms with E-state index in [-0.39, 0.29) is 11.7 Å². The maximum absolute atomic E-state index is 12.0. The average Bonchev–Trinajstić information content (AvgIpc) is 3.12. The lowest BCUT2D eigenvalue weighted by molar-refractivity contribution is 0.0280. The Hall–Kier alpha value is -2.64. The molecule has 27 heavy (non-hydrogen) atoms. The van der Waals surface area contributed by atoms with Crippen molar-refractivity contribution in [3.8, 4) is 11.3 Å². The van der Waals surface area contributed by atoms with Gasteiger partial charge in [-0.2, -0.15) is 0 Å². The molecule has 0 saturated carbocycles. The molecule has 0 bridgehead atoms. The fourth-order valence-electron chi connectivity index (χ4n) is 3.32. The molecule has 0 radical (unpaired) electrons. The number of aryl methyl sites for hydroxylation is 1. The number of hydrogen-bond acceptors (Lipinski definition) is 5. The van der Waals surface area contributed by atoms with Gasteiger partial charge in [-0.05, 0) is 24.1 Å². The van der Waals surface area contributed by atoms with E-state index in [1.165, 1.54) is 12.3 Å². The number of methoxy groups -OCH3 is 1. The Morgan fingerprint density at radius 1 is 1.26 bits per heavy atom. The van der Waals surface area contributed by atoms with Crippen molar-refractivity contribution in [1.82, 2.24) is 4.57 Å². The largest absolute Gasteiger partial charge is 0.477 e. The van der Waals surface area contributed by atoms with Crippen molar-refractivity contribution in [3.05, 3.63) is 52.3 Å². The number of aromatic nitrogens is 1. The highest BCUT2D eigenvalue weighted by Crippen LogP contribution is 2.25. The molecule has 1 fully saturated rings. The third-order valence-corrected chi connectivity index (χ3v) is 4.78. The molecule has 1 aliphatic rings. The van der Waals surface area contributed by atoms with Crippen molar-refractivity contribution in [1.29, 1.82) is 0 Å². The summed E-state index contributed by atoms with van der Waals surface area (Å²) in [7, 11) is 3.40. The van der Waals surface area contributed by atoms with Crippen LogP contribution in [0.15, 0.2) is 41.3 Å². The zero-order chi connectivity index (χ0) is 19.4. The molecule has 144 valence electrons. The van der Waals surface area contributed by atoms with Crippen LogP contribution in [-0.4, -0.2) is 55.2 Å². The summed E-state index contributed by atoms with van der Waals surface area (Å²) in [5.74, 6) is -1.21. The van der Waals surface area contributed by atoms with Crippen LogP contribution in [0.25, 0.3) is 11.3 Å². The molecular formula is C20H24N2O5. The third-order valence-electron chi connectivity index (χ3n) is 4.78. The summed E-state index contributed by atoms with van der Waals surface area (Å²) in [6, 6.07) is 9.30. The van der Waals surface area contributed by atoms with Gasteiger partial charge in [0.2, 0.25) is 0 Å². The number of aromatic carboxylic acids is 1. The fourth-order valence-corrected chi connectivity index (χ4v) is 3.32. The first kappa shape index (κ1) is 19.1. The summed E-state index contributed by atoms with van der Waals surface area (Å²) >= 11 is 0. The Bertz CT molecular complexity index is 860. The van der Waals surface area contributed by atoms with Crippen LogP contribution in [0.5, 0.6) is 0 Å². The van der Waals surface area contributed by atoms with Gasteiger partial charge >= 0.3 is 5.97 Å². The summed E-state index contributed by atoms with van der Waals surface area (Å²) in [6.45, 7) is 2.98. The van der Waals surface area contributed by atoms with Crippen LogP contribution in [0.2, 0.25) is 0 Å². The second-order valence-electron chi connectivity index (χ2n) is 6.62. The smallest absolute Gasteiger partial charge is 0.341 e. The molecule has 0 amide bonds. The van der Waals surface area contributed by atoms with Gasteiger partial charge in [0, 0.05) is 45.2 Å². The van der Waals surface area contributed by atoms with Crippen molar-refractivity contribution >= 4 is 11.7 Å². The number of carbonyl (C=O) groups is 1. The predicted octanol–water partition coefficient (Wildman–Crippen LogP) is 1.99. The number of carboxylic acid groups (broad SMARTS) is 1. The van der Waals surface area contributed by atoms with Gasteiger partial charge in [0.1, 0.15) is 5.56 Å². The van der Waals surface area contributed by atoms with Gasteiger partial charge in [-0.1, -0.05) is 12.1 Å². The topological polar surface area (TPSA) is 81.0 Å². The van der Waals surface area contributed by atoms with Gasteiger partial charge in [0.15, 0.2) is 5.43 Å². The van der Waals surface area contributed by atoms with Gasteiger partial charge in [0.05, 0.1) is 25.0 Å². The minimum atomic E-state index is -1.21. The number of rotatable bonds is 7. The molecule has 1 saturated heterocycles. The molecule has 1 aromatic carbocycles. The van der Waals surface area contributed by atoms with Crippen LogP contribution in [0.4, 0.5) is 5.69 Å². The summed E-state index contributed by atoms with van der Waals surface area (Å²) < 4.78 is 12.5. The first-order chi connectivity index (χ1) is 13.0. The Balaban J connectivity index is 1.72. The van der Waals surface area contributed by atoms with E-state index < -0.39 is 11.4 Å². The first-order valence-corrected chi connectivity index (χ1v) is 8.89. The maximum atomic E-state index is 12.0. The van der Waals surface area contributed by atoms with E-state index in [2.05, 4.69) is 4.90 Å². The Morgan fingerprint density at radius 2 is 2.00 bits per heavy atom. The van der Waals surface area contributed by atoms with Crippen LogP contribution in [0, 0.1) is 0 Å². The highest BCUT2D eigenvalue weighted by Gasteiger charge is 2.23. The first-order valence-electron chi connectivity index (χ1n) is 8.89. The summed E-state index contributed by atoms with van der Waals surface area (Å²) in [4.78, 5) is 25.4. The zero-order valence-corrected chi connectivity index (χ0v) is 15.6. The highest BCUT2D eigenvalue weighted by atomic mass is 16.5. The van der Waals surface area contributed by atoms with Crippen LogP contribution in [0.1, 0.15) is 16.8 Å². The Morgan fingerprint density at radius 3 is 2.67 bits per heavy atom. The van der Waals surface area contributed by atoms with Gasteiger partial charge in [-0.25, -0.2) is 4.79 Å². The number of carboxylic acids is 1. The van der Waals surface area contributed by atoms with Gasteiger partial charge in [0.25, 0.3) is 0 Å². The van der Waals surface area contributed by atoms with E-state index in [4.69, 9.17) is 14.6 Å². The molecule has 1 aromatic heterocycles. The lowest BCUT2D eigenvalue weighted by atomic mass is 10.1. The van der Waals surface area contributed by atoms with E-state index in [0.717, 1.165) is 30.8 Å². The lowest BCUT2D eigenvalue weighted by Gasteiger charge is -2.19. The van der Waals surface area contributed by atoms with Gasteiger partial charge in [-0.15, -0.1) is 0 Å². The summed E-state index contributed by atoms with van der Waals surface area (Å²) in [6.07, 6.45) is 2.55. The minimum Gasteiger partial charge on any atom is -0.477 e. The number of hydrogen-bond donors (Lipinski definition) is 1. The maximum Gasteiger partial charge on any atom is 0.341 e. The van der Waals surface area contributed by atoms with Crippen LogP contribution >= 0.6 is 0 Å². The molecule has 1 atom stereocenters. The Kier molecular flexibility index (Phi) is 5.93. The van der Waals surface area contributed by atoms with Crippen molar-refractivity contribution in [3.63, 3.8) is 0 Å². The molecule has 7 heteroatoms. The van der Waals surface area contributed by atoms with Crippen molar-refractivity contribution in [2.45, 2.75) is 12.5 Å². The fraction of sp³-hybridized carbons (Fsp3) is 0.400. The minimum absolute atomic E-state index is 0.212. The van der Waals surface area contributed by atoms with Crippen LogP contribution < -0.4 is 10.3 Å².